The van der Waals surface area contributed by atoms with Crippen molar-refractivity contribution in [3.63, 3.8) is 0 Å². The van der Waals surface area contributed by atoms with Crippen LogP contribution in [0, 0.1) is 12.3 Å². The Hall–Kier alpha value is -1.58. The van der Waals surface area contributed by atoms with Gasteiger partial charge >= 0.3 is 0 Å². The molecule has 0 aliphatic heterocycles. The normalized spacial score (nSPS) is 11.3. The van der Waals surface area contributed by atoms with Gasteiger partial charge in [0.25, 0.3) is 10.0 Å². The highest BCUT2D eigenvalue weighted by molar-refractivity contribution is 7.89. The van der Waals surface area contributed by atoms with Gasteiger partial charge in [0.1, 0.15) is 0 Å². The molecule has 0 saturated carbocycles. The molecule has 1 aromatic heterocycles. The number of carbonyl (C=O) groups excluding carboxylic acids is 1. The molecule has 0 atom stereocenters. The maximum atomic E-state index is 11.7. The Morgan fingerprint density at radius 1 is 1.60 bits per heavy atom. The molecule has 0 N–H and O–H groups in total. The molecule has 5 nitrogen and oxygen atoms in total. The first-order valence-electron chi connectivity index (χ1n) is 3.97. The van der Waals surface area contributed by atoms with Crippen molar-refractivity contribution in [3.05, 3.63) is 17.9 Å². The summed E-state index contributed by atoms with van der Waals surface area (Å²) in [7, 11) is -2.39. The summed E-state index contributed by atoms with van der Waals surface area (Å²) in [5.41, 5.74) is 0. The third kappa shape index (κ3) is 2.26. The molecule has 15 heavy (non-hydrogen) atoms. The van der Waals surface area contributed by atoms with Gasteiger partial charge in [0.05, 0.1) is 6.54 Å². The minimum absolute atomic E-state index is 0.0392. The van der Waals surface area contributed by atoms with Gasteiger partial charge in [-0.25, -0.2) is 8.42 Å². The molecule has 0 aliphatic carbocycles. The highest BCUT2D eigenvalue weighted by Crippen LogP contribution is 2.16. The molecule has 1 aromatic rings. The quantitative estimate of drug-likeness (QED) is 0.549. The number of carbonyl (C=O) groups is 1. The second kappa shape index (κ2) is 4.29. The van der Waals surface area contributed by atoms with E-state index in [2.05, 4.69) is 5.92 Å². The Bertz CT molecular complexity index is 494. The van der Waals surface area contributed by atoms with Gasteiger partial charge in [0.15, 0.2) is 12.0 Å². The fourth-order valence-electron chi connectivity index (χ4n) is 0.903. The van der Waals surface area contributed by atoms with Crippen molar-refractivity contribution < 1.29 is 17.6 Å². The maximum Gasteiger partial charge on any atom is 0.277 e. The van der Waals surface area contributed by atoms with E-state index in [0.717, 1.165) is 4.31 Å². The SMILES string of the molecule is C#CCN(C)S(=O)(=O)c1ccc(C=O)o1. The number of nitrogens with zero attached hydrogens (tertiary/aromatic N) is 1. The first kappa shape index (κ1) is 11.5. The van der Waals surface area contributed by atoms with Crippen LogP contribution in [-0.2, 0) is 10.0 Å². The number of aldehydes is 1. The summed E-state index contributed by atoms with van der Waals surface area (Å²) >= 11 is 0. The van der Waals surface area contributed by atoms with E-state index < -0.39 is 10.0 Å². The van der Waals surface area contributed by atoms with E-state index in [4.69, 9.17) is 10.8 Å². The first-order chi connectivity index (χ1) is 7.02. The van der Waals surface area contributed by atoms with Crippen LogP contribution < -0.4 is 0 Å². The van der Waals surface area contributed by atoms with Gasteiger partial charge in [-0.15, -0.1) is 6.42 Å². The standard InChI is InChI=1S/C9H9NO4S/c1-3-6-10(2)15(12,13)9-5-4-8(7-11)14-9/h1,4-5,7H,6H2,2H3. The Balaban J connectivity index is 3.06. The van der Waals surface area contributed by atoms with Crippen LogP contribution in [0.5, 0.6) is 0 Å². The van der Waals surface area contributed by atoms with Gasteiger partial charge < -0.3 is 4.42 Å². The predicted octanol–water partition coefficient (Wildman–Crippen LogP) is 0.346. The summed E-state index contributed by atoms with van der Waals surface area (Å²) in [6.45, 7) is -0.0561. The van der Waals surface area contributed by atoms with E-state index in [9.17, 15) is 13.2 Å². The van der Waals surface area contributed by atoms with Crippen LogP contribution in [0.2, 0.25) is 0 Å². The van der Waals surface area contributed by atoms with E-state index in [1.807, 2.05) is 0 Å². The van der Waals surface area contributed by atoms with E-state index in [1.54, 1.807) is 0 Å². The van der Waals surface area contributed by atoms with Crippen molar-refractivity contribution in [1.29, 1.82) is 0 Å². The average molecular weight is 227 g/mol. The largest absolute Gasteiger partial charge is 0.440 e. The fourth-order valence-corrected chi connectivity index (χ4v) is 1.90. The molecule has 0 bridgehead atoms. The van der Waals surface area contributed by atoms with Crippen LogP contribution in [0.3, 0.4) is 0 Å². The Morgan fingerprint density at radius 3 is 2.73 bits per heavy atom. The molecule has 0 aromatic carbocycles. The summed E-state index contributed by atoms with van der Waals surface area (Å²) in [6.07, 6.45) is 5.42. The molecule has 0 amide bonds. The van der Waals surface area contributed by atoms with Crippen LogP contribution in [0.15, 0.2) is 21.6 Å². The summed E-state index contributed by atoms with van der Waals surface area (Å²) in [5, 5.41) is -0.289. The van der Waals surface area contributed by atoms with E-state index in [0.29, 0.717) is 6.29 Å². The molecule has 0 fully saturated rings. The third-order valence-electron chi connectivity index (χ3n) is 1.70. The van der Waals surface area contributed by atoms with Crippen molar-refractivity contribution in [2.45, 2.75) is 5.09 Å². The molecule has 0 unspecified atom stereocenters. The lowest BCUT2D eigenvalue weighted by Crippen LogP contribution is -2.26. The van der Waals surface area contributed by atoms with Crippen LogP contribution in [0.4, 0.5) is 0 Å². The summed E-state index contributed by atoms with van der Waals surface area (Å²) in [4.78, 5) is 10.3. The Labute approximate surface area is 87.7 Å². The van der Waals surface area contributed by atoms with Gasteiger partial charge in [0.2, 0.25) is 5.09 Å². The zero-order valence-electron chi connectivity index (χ0n) is 8.00. The maximum absolute atomic E-state index is 11.7. The molecule has 0 radical (unpaired) electrons. The molecule has 80 valence electrons. The second-order valence-electron chi connectivity index (χ2n) is 2.74. The van der Waals surface area contributed by atoms with E-state index in [1.165, 1.54) is 19.2 Å². The monoisotopic (exact) mass is 227 g/mol. The minimum Gasteiger partial charge on any atom is -0.440 e. The van der Waals surface area contributed by atoms with Gasteiger partial charge in [-0.05, 0) is 12.1 Å². The molecular weight excluding hydrogens is 218 g/mol. The van der Waals surface area contributed by atoms with E-state index in [-0.39, 0.29) is 17.4 Å². The molecule has 0 aliphatic rings. The highest BCUT2D eigenvalue weighted by Gasteiger charge is 2.23. The number of sulfonamides is 1. The molecule has 1 rings (SSSR count). The van der Waals surface area contributed by atoms with Gasteiger partial charge in [-0.3, -0.25) is 4.79 Å². The predicted molar refractivity (Wildman–Crippen MR) is 52.7 cm³/mol. The van der Waals surface area contributed by atoms with Crippen LogP contribution in [0.25, 0.3) is 0 Å². The number of furan rings is 1. The van der Waals surface area contributed by atoms with Crippen LogP contribution in [0.1, 0.15) is 10.6 Å². The molecular formula is C9H9NO4S. The first-order valence-corrected chi connectivity index (χ1v) is 5.41. The molecule has 1 heterocycles. The molecule has 0 spiro atoms. The summed E-state index contributed by atoms with van der Waals surface area (Å²) in [6, 6.07) is 2.50. The van der Waals surface area contributed by atoms with Gasteiger partial charge in [-0.2, -0.15) is 4.31 Å². The summed E-state index contributed by atoms with van der Waals surface area (Å²) in [5.74, 6) is 2.16. The number of hydrogen-bond donors (Lipinski definition) is 0. The zero-order chi connectivity index (χ0) is 11.5. The Morgan fingerprint density at radius 2 is 2.27 bits per heavy atom. The number of terminal acetylenes is 1. The summed E-state index contributed by atoms with van der Waals surface area (Å²) < 4.78 is 29.1. The lowest BCUT2D eigenvalue weighted by Gasteiger charge is -2.11. The Kier molecular flexibility index (Phi) is 3.29. The van der Waals surface area contributed by atoms with Crippen molar-refractivity contribution in [2.24, 2.45) is 0 Å². The molecule has 0 saturated heterocycles. The average Bonchev–Trinajstić information content (AvgIpc) is 2.66. The van der Waals surface area contributed by atoms with Crippen LogP contribution >= 0.6 is 0 Å². The zero-order valence-corrected chi connectivity index (χ0v) is 8.82. The van der Waals surface area contributed by atoms with Crippen LogP contribution in [-0.4, -0.2) is 32.6 Å². The van der Waals surface area contributed by atoms with E-state index >= 15 is 0 Å². The fraction of sp³-hybridized carbons (Fsp3) is 0.222. The van der Waals surface area contributed by atoms with Crippen molar-refractivity contribution in [3.8, 4) is 12.3 Å². The number of rotatable bonds is 4. The van der Waals surface area contributed by atoms with Gasteiger partial charge in [0, 0.05) is 7.05 Å². The lowest BCUT2D eigenvalue weighted by molar-refractivity contribution is 0.109. The van der Waals surface area contributed by atoms with Crippen molar-refractivity contribution in [2.75, 3.05) is 13.6 Å². The smallest absolute Gasteiger partial charge is 0.277 e. The topological polar surface area (TPSA) is 67.6 Å². The lowest BCUT2D eigenvalue weighted by atomic mass is 10.5. The highest BCUT2D eigenvalue weighted by atomic mass is 32.2. The molecule has 6 heteroatoms. The number of hydrogen-bond acceptors (Lipinski definition) is 4. The second-order valence-corrected chi connectivity index (χ2v) is 4.72. The van der Waals surface area contributed by atoms with Crippen molar-refractivity contribution >= 4 is 16.3 Å². The third-order valence-corrected chi connectivity index (χ3v) is 3.37. The minimum atomic E-state index is -3.73. The van der Waals surface area contributed by atoms with Crippen molar-refractivity contribution in [1.82, 2.24) is 4.31 Å². The van der Waals surface area contributed by atoms with Gasteiger partial charge in [-0.1, -0.05) is 5.92 Å².